The van der Waals surface area contributed by atoms with Gasteiger partial charge in [-0.15, -0.1) is 16.4 Å². The van der Waals surface area contributed by atoms with Crippen molar-refractivity contribution in [1.82, 2.24) is 34.9 Å². The number of aliphatic imine (C=N–C) groups is 1. The Morgan fingerprint density at radius 1 is 1.28 bits per heavy atom. The molecule has 2 saturated heterocycles. The molecule has 13 nitrogen and oxygen atoms in total. The second-order valence-corrected chi connectivity index (χ2v) is 13.2. The summed E-state index contributed by atoms with van der Waals surface area (Å²) in [6, 6.07) is 2.79. The Bertz CT molecular complexity index is 1740. The number of amides is 2. The lowest BCUT2D eigenvalue weighted by atomic mass is 9.92. The molecule has 5 heterocycles. The van der Waals surface area contributed by atoms with E-state index >= 15 is 0 Å². The molecule has 46 heavy (non-hydrogen) atoms. The van der Waals surface area contributed by atoms with E-state index in [2.05, 4.69) is 31.9 Å². The van der Waals surface area contributed by atoms with Gasteiger partial charge in [-0.25, -0.2) is 23.6 Å². The van der Waals surface area contributed by atoms with Crippen LogP contribution in [0.5, 0.6) is 0 Å². The minimum absolute atomic E-state index is 0.0362. The number of nitrogens with zero attached hydrogens (tertiary/aromatic N) is 8. The van der Waals surface area contributed by atoms with Crippen LogP contribution in [0.2, 0.25) is 5.02 Å². The molecular formula is C30H33ClFN9O4S. The maximum atomic E-state index is 14.0. The smallest absolute Gasteiger partial charge is 0.338 e. The van der Waals surface area contributed by atoms with Crippen molar-refractivity contribution in [3.05, 3.63) is 81.1 Å². The van der Waals surface area contributed by atoms with Crippen molar-refractivity contribution in [2.45, 2.75) is 32.5 Å². The number of anilines is 1. The van der Waals surface area contributed by atoms with Gasteiger partial charge in [-0.2, -0.15) is 4.98 Å². The fraction of sp³-hybridized carbons (Fsp3) is 0.400. The molecule has 2 fully saturated rings. The summed E-state index contributed by atoms with van der Waals surface area (Å²) in [5.74, 6) is -0.313. The first-order chi connectivity index (χ1) is 21.9. The molecule has 0 spiro atoms. The number of allylic oxidation sites excluding steroid dienone is 1. The number of urea groups is 1. The molecular weight excluding hydrogens is 637 g/mol. The number of fused-ring (bicyclic) bond motifs is 1. The molecule has 2 amide bonds. The zero-order valence-electron chi connectivity index (χ0n) is 25.5. The molecule has 2 atom stereocenters. The number of aliphatic hydroxyl groups excluding tert-OH is 1. The molecule has 1 aromatic carbocycles. The minimum atomic E-state index is -0.866. The van der Waals surface area contributed by atoms with Crippen molar-refractivity contribution < 1.29 is 23.8 Å². The Kier molecular flexibility index (Phi) is 8.56. The molecule has 3 aliphatic rings. The lowest BCUT2D eigenvalue weighted by Crippen LogP contribution is -2.53. The van der Waals surface area contributed by atoms with Crippen LogP contribution in [-0.2, 0) is 16.1 Å². The van der Waals surface area contributed by atoms with Crippen LogP contribution in [0.3, 0.4) is 0 Å². The number of piperazine rings is 1. The largest absolute Gasteiger partial charge is 0.512 e. The molecule has 3 aromatic rings. The fourth-order valence-electron chi connectivity index (χ4n) is 5.76. The number of benzene rings is 1. The van der Waals surface area contributed by atoms with Crippen LogP contribution >= 0.6 is 22.9 Å². The highest BCUT2D eigenvalue weighted by atomic mass is 35.5. The lowest BCUT2D eigenvalue weighted by molar-refractivity contribution is -0.136. The van der Waals surface area contributed by atoms with E-state index in [9.17, 15) is 19.1 Å². The van der Waals surface area contributed by atoms with Crippen molar-refractivity contribution in [3.8, 4) is 0 Å². The number of aliphatic hydroxyl groups is 1. The molecule has 242 valence electrons. The quantitative estimate of drug-likeness (QED) is 0.257. The summed E-state index contributed by atoms with van der Waals surface area (Å²) in [6.45, 7) is 9.88. The molecule has 0 unspecified atom stereocenters. The first-order valence-corrected chi connectivity index (χ1v) is 15.8. The monoisotopic (exact) mass is 669 g/mol. The van der Waals surface area contributed by atoms with Crippen molar-refractivity contribution in [2.24, 2.45) is 10.4 Å². The molecule has 16 heteroatoms. The Balaban J connectivity index is 1.25. The number of rotatable bonds is 9. The van der Waals surface area contributed by atoms with Gasteiger partial charge < -0.3 is 20.1 Å². The zero-order chi connectivity index (χ0) is 32.7. The van der Waals surface area contributed by atoms with Gasteiger partial charge in [0.15, 0.2) is 10.8 Å². The van der Waals surface area contributed by atoms with Crippen molar-refractivity contribution >= 4 is 46.7 Å². The average Bonchev–Trinajstić information content (AvgIpc) is 3.77. The Labute approximate surface area is 273 Å². The minimum Gasteiger partial charge on any atom is -0.512 e. The highest BCUT2D eigenvalue weighted by Crippen LogP contribution is 2.37. The average molecular weight is 670 g/mol. The van der Waals surface area contributed by atoms with E-state index in [1.54, 1.807) is 15.8 Å². The summed E-state index contributed by atoms with van der Waals surface area (Å²) >= 11 is 7.86. The van der Waals surface area contributed by atoms with Crippen molar-refractivity contribution in [3.63, 3.8) is 0 Å². The van der Waals surface area contributed by atoms with E-state index in [4.69, 9.17) is 21.3 Å². The Morgan fingerprint density at radius 3 is 2.78 bits per heavy atom. The van der Waals surface area contributed by atoms with E-state index in [1.807, 2.05) is 24.1 Å². The molecule has 2 aromatic heterocycles. The number of hydrogen-bond donors (Lipinski definition) is 2. The number of halogens is 2. The summed E-state index contributed by atoms with van der Waals surface area (Å²) in [4.78, 5) is 45.8. The predicted octanol–water partition coefficient (Wildman–Crippen LogP) is 3.77. The normalized spacial score (nSPS) is 20.5. The molecule has 3 aliphatic heterocycles. The van der Waals surface area contributed by atoms with Crippen molar-refractivity contribution in [1.29, 1.82) is 0 Å². The SMILES string of the molecule is C=C(O)C(C)(C)Cn1cnc(N2C[C@@H]3CN(CC4=C(C(=O)OC)[C@H](c5ccc(F)cc5Cl)N=C(c5nccs5)N4)CCN3C2=O)n1. The highest BCUT2D eigenvalue weighted by Gasteiger charge is 2.43. The van der Waals surface area contributed by atoms with Gasteiger partial charge >= 0.3 is 12.0 Å². The third-order valence-electron chi connectivity index (χ3n) is 8.35. The topological polar surface area (TPSA) is 141 Å². The Hall–Kier alpha value is -4.34. The maximum absolute atomic E-state index is 14.0. The van der Waals surface area contributed by atoms with Gasteiger partial charge in [0.25, 0.3) is 5.95 Å². The van der Waals surface area contributed by atoms with Gasteiger partial charge in [0, 0.05) is 59.5 Å². The summed E-state index contributed by atoms with van der Waals surface area (Å²) in [7, 11) is 1.30. The van der Waals surface area contributed by atoms with Gasteiger partial charge in [-0.3, -0.25) is 14.8 Å². The third-order valence-corrected chi connectivity index (χ3v) is 9.45. The van der Waals surface area contributed by atoms with E-state index in [-0.39, 0.29) is 28.4 Å². The molecule has 0 radical (unpaired) electrons. The van der Waals surface area contributed by atoms with E-state index in [0.29, 0.717) is 67.3 Å². The van der Waals surface area contributed by atoms with Crippen LogP contribution in [0.15, 0.2) is 64.7 Å². The molecule has 6 rings (SSSR count). The number of thiazole rings is 1. The van der Waals surface area contributed by atoms with Crippen molar-refractivity contribution in [2.75, 3.05) is 44.7 Å². The number of hydrogen-bond acceptors (Lipinski definition) is 11. The van der Waals surface area contributed by atoms with E-state index in [0.717, 1.165) is 0 Å². The molecule has 0 saturated carbocycles. The van der Waals surface area contributed by atoms with Gasteiger partial charge in [0.2, 0.25) is 0 Å². The van der Waals surface area contributed by atoms with Crippen LogP contribution in [0.1, 0.15) is 30.5 Å². The predicted molar refractivity (Wildman–Crippen MR) is 170 cm³/mol. The van der Waals surface area contributed by atoms with E-state index in [1.165, 1.54) is 43.0 Å². The first kappa shape index (κ1) is 31.6. The summed E-state index contributed by atoms with van der Waals surface area (Å²) < 4.78 is 20.8. The number of carbonyl (C=O) groups excluding carboxylic acids is 2. The summed E-state index contributed by atoms with van der Waals surface area (Å²) in [5, 5.41) is 20.3. The third kappa shape index (κ3) is 6.09. The molecule has 0 aliphatic carbocycles. The highest BCUT2D eigenvalue weighted by molar-refractivity contribution is 7.11. The zero-order valence-corrected chi connectivity index (χ0v) is 27.1. The van der Waals surface area contributed by atoms with Crippen LogP contribution in [0.4, 0.5) is 15.1 Å². The number of amidine groups is 1. The summed E-state index contributed by atoms with van der Waals surface area (Å²) in [5.41, 5.74) is 0.650. The lowest BCUT2D eigenvalue weighted by Gasteiger charge is -2.38. The first-order valence-electron chi connectivity index (χ1n) is 14.5. The second-order valence-electron chi connectivity index (χ2n) is 11.9. The maximum Gasteiger partial charge on any atom is 0.338 e. The number of esters is 1. The van der Waals surface area contributed by atoms with Gasteiger partial charge in [0.1, 0.15) is 18.2 Å². The molecule has 2 N–H and O–H groups in total. The standard InChI is InChI=1S/C30H33ClFN9O4S/c1-17(42)30(2,3)15-39-16-34-28(37-39)41-13-19-12-38(8-9-40(19)29(41)44)14-22-23(27(43)45-4)24(20-6-5-18(32)11-21(20)31)36-25(35-22)26-33-7-10-46-26/h5-7,10-11,16,19,24,42H,1,8-9,12-15H2,2-4H3,(H,35,36)/t19-,24-/m0/s1. The number of nitrogens with one attached hydrogen (secondary N) is 1. The Morgan fingerprint density at radius 2 is 2.09 bits per heavy atom. The van der Waals surface area contributed by atoms with Crippen LogP contribution < -0.4 is 10.2 Å². The van der Waals surface area contributed by atoms with Gasteiger partial charge in [-0.05, 0) is 12.1 Å². The number of aromatic nitrogens is 4. The second kappa shape index (κ2) is 12.5. The molecule has 0 bridgehead atoms. The number of ether oxygens (including phenoxy) is 1. The summed E-state index contributed by atoms with van der Waals surface area (Å²) in [6.07, 6.45) is 3.20. The van der Waals surface area contributed by atoms with E-state index < -0.39 is 23.2 Å². The van der Waals surface area contributed by atoms with Crippen LogP contribution in [0, 0.1) is 11.2 Å². The number of carbonyl (C=O) groups is 2. The fourth-order valence-corrected chi connectivity index (χ4v) is 6.61. The van der Waals surface area contributed by atoms with Crippen LogP contribution in [0.25, 0.3) is 0 Å². The van der Waals surface area contributed by atoms with Gasteiger partial charge in [-0.1, -0.05) is 38.1 Å². The van der Waals surface area contributed by atoms with Gasteiger partial charge in [0.05, 0.1) is 37.6 Å². The van der Waals surface area contributed by atoms with Crippen LogP contribution in [-0.4, -0.2) is 98.4 Å². The number of methoxy groups -OCH3 is 1.